The van der Waals surface area contributed by atoms with E-state index in [-0.39, 0.29) is 11.4 Å². The van der Waals surface area contributed by atoms with Gasteiger partial charge in [0.05, 0.1) is 11.6 Å². The fourth-order valence-electron chi connectivity index (χ4n) is 2.99. The second-order valence-corrected chi connectivity index (χ2v) is 5.62. The molecule has 0 amide bonds. The van der Waals surface area contributed by atoms with E-state index in [0.717, 1.165) is 19.3 Å². The molecule has 0 bridgehead atoms. The van der Waals surface area contributed by atoms with Gasteiger partial charge >= 0.3 is 0 Å². The Bertz CT molecular complexity index is 485. The standard InChI is InChI=1S/C14H21ClN2O2/c1-3-19-14(6-4-5-10(2)8-14)13-16-11(9-15)7-12(18)17-13/h7,10H,3-6,8-9H2,1-2H3,(H,16,17,18). The summed E-state index contributed by atoms with van der Waals surface area (Å²) in [5.41, 5.74) is 0.00358. The summed E-state index contributed by atoms with van der Waals surface area (Å²) in [6, 6.07) is 1.45. The lowest BCUT2D eigenvalue weighted by atomic mass is 9.78. The Morgan fingerprint density at radius 3 is 3.05 bits per heavy atom. The molecule has 1 saturated carbocycles. The fourth-order valence-corrected chi connectivity index (χ4v) is 3.12. The molecule has 1 fully saturated rings. The summed E-state index contributed by atoms with van der Waals surface area (Å²) in [6.07, 6.45) is 4.10. The Balaban J connectivity index is 2.43. The maximum absolute atomic E-state index is 11.7. The maximum atomic E-state index is 11.7. The van der Waals surface area contributed by atoms with Crippen LogP contribution < -0.4 is 5.56 Å². The maximum Gasteiger partial charge on any atom is 0.251 e. The van der Waals surface area contributed by atoms with Crippen LogP contribution in [0.5, 0.6) is 0 Å². The van der Waals surface area contributed by atoms with Gasteiger partial charge in [-0.05, 0) is 32.1 Å². The van der Waals surface area contributed by atoms with Gasteiger partial charge in [-0.15, -0.1) is 11.6 Å². The van der Waals surface area contributed by atoms with Crippen molar-refractivity contribution in [2.45, 2.75) is 51.0 Å². The summed E-state index contributed by atoms with van der Waals surface area (Å²) in [5, 5.41) is 0. The second kappa shape index (κ2) is 6.06. The molecule has 1 aliphatic rings. The Hall–Kier alpha value is -0.870. The first-order valence-corrected chi connectivity index (χ1v) is 7.43. The van der Waals surface area contributed by atoms with Crippen LogP contribution in [0.4, 0.5) is 0 Å². The normalized spacial score (nSPS) is 27.4. The average molecular weight is 285 g/mol. The molecular formula is C14H21ClN2O2. The van der Waals surface area contributed by atoms with Crippen LogP contribution in [-0.2, 0) is 16.2 Å². The summed E-state index contributed by atoms with van der Waals surface area (Å²) in [6.45, 7) is 4.81. The van der Waals surface area contributed by atoms with Gasteiger partial charge in [-0.3, -0.25) is 4.79 Å². The topological polar surface area (TPSA) is 55.0 Å². The fraction of sp³-hybridized carbons (Fsp3) is 0.714. The van der Waals surface area contributed by atoms with Gasteiger partial charge in [-0.1, -0.05) is 13.3 Å². The van der Waals surface area contributed by atoms with E-state index in [1.165, 1.54) is 12.5 Å². The van der Waals surface area contributed by atoms with E-state index in [0.29, 0.717) is 24.0 Å². The zero-order chi connectivity index (χ0) is 13.9. The van der Waals surface area contributed by atoms with Crippen LogP contribution >= 0.6 is 11.6 Å². The minimum Gasteiger partial charge on any atom is -0.367 e. The number of rotatable bonds is 4. The molecule has 0 aromatic carbocycles. The molecule has 0 saturated heterocycles. The van der Waals surface area contributed by atoms with Crippen LogP contribution in [0.1, 0.15) is 51.0 Å². The quantitative estimate of drug-likeness (QED) is 0.865. The zero-order valence-corrected chi connectivity index (χ0v) is 12.3. The molecule has 1 aliphatic carbocycles. The number of aromatic nitrogens is 2. The Morgan fingerprint density at radius 1 is 1.63 bits per heavy atom. The third-order valence-corrected chi connectivity index (χ3v) is 4.01. The van der Waals surface area contributed by atoms with Crippen molar-refractivity contribution in [1.82, 2.24) is 9.97 Å². The predicted molar refractivity (Wildman–Crippen MR) is 75.4 cm³/mol. The summed E-state index contributed by atoms with van der Waals surface area (Å²) < 4.78 is 6.01. The predicted octanol–water partition coefficient (Wildman–Crippen LogP) is 2.95. The van der Waals surface area contributed by atoms with Crippen LogP contribution in [0.2, 0.25) is 0 Å². The molecule has 1 aromatic rings. The number of hydrogen-bond donors (Lipinski definition) is 1. The van der Waals surface area contributed by atoms with Gasteiger partial charge in [0, 0.05) is 12.7 Å². The highest BCUT2D eigenvalue weighted by Gasteiger charge is 2.39. The highest BCUT2D eigenvalue weighted by Crippen LogP contribution is 2.41. The number of alkyl halides is 1. The molecule has 106 valence electrons. The van der Waals surface area contributed by atoms with Gasteiger partial charge in [-0.2, -0.15) is 0 Å². The lowest BCUT2D eigenvalue weighted by Gasteiger charge is -2.38. The monoisotopic (exact) mass is 284 g/mol. The molecule has 2 unspecified atom stereocenters. The van der Waals surface area contributed by atoms with Crippen molar-refractivity contribution in [2.24, 2.45) is 5.92 Å². The third kappa shape index (κ3) is 3.18. The first kappa shape index (κ1) is 14.5. The smallest absolute Gasteiger partial charge is 0.251 e. The highest BCUT2D eigenvalue weighted by atomic mass is 35.5. The van der Waals surface area contributed by atoms with Crippen LogP contribution in [-0.4, -0.2) is 16.6 Å². The zero-order valence-electron chi connectivity index (χ0n) is 11.5. The van der Waals surface area contributed by atoms with Gasteiger partial charge in [0.1, 0.15) is 11.4 Å². The number of hydrogen-bond acceptors (Lipinski definition) is 3. The summed E-state index contributed by atoms with van der Waals surface area (Å²) >= 11 is 5.80. The molecule has 0 aliphatic heterocycles. The molecule has 19 heavy (non-hydrogen) atoms. The largest absolute Gasteiger partial charge is 0.367 e. The number of nitrogens with zero attached hydrogens (tertiary/aromatic N) is 1. The molecule has 1 aromatic heterocycles. The van der Waals surface area contributed by atoms with Gasteiger partial charge in [-0.25, -0.2) is 4.98 Å². The van der Waals surface area contributed by atoms with Crippen LogP contribution in [0.25, 0.3) is 0 Å². The first-order chi connectivity index (χ1) is 9.09. The summed E-state index contributed by atoms with van der Waals surface area (Å²) in [7, 11) is 0. The molecule has 1 heterocycles. The molecule has 2 atom stereocenters. The van der Waals surface area contributed by atoms with Crippen molar-refractivity contribution in [2.75, 3.05) is 6.61 Å². The molecule has 5 heteroatoms. The SMILES string of the molecule is CCOC1(c2nc(CCl)cc(=O)[nH]2)CCCC(C)C1. The minimum atomic E-state index is -0.451. The Labute approximate surface area is 118 Å². The molecule has 4 nitrogen and oxygen atoms in total. The van der Waals surface area contributed by atoms with E-state index in [4.69, 9.17) is 16.3 Å². The van der Waals surface area contributed by atoms with E-state index < -0.39 is 5.60 Å². The Kier molecular flexibility index (Phi) is 4.63. The number of nitrogens with one attached hydrogen (secondary N) is 1. The van der Waals surface area contributed by atoms with Crippen molar-refractivity contribution in [1.29, 1.82) is 0 Å². The van der Waals surface area contributed by atoms with Gasteiger partial charge in [0.2, 0.25) is 0 Å². The van der Waals surface area contributed by atoms with Crippen LogP contribution in [0.15, 0.2) is 10.9 Å². The third-order valence-electron chi connectivity index (χ3n) is 3.74. The second-order valence-electron chi connectivity index (χ2n) is 5.35. The van der Waals surface area contributed by atoms with E-state index >= 15 is 0 Å². The molecule has 0 radical (unpaired) electrons. The minimum absolute atomic E-state index is 0.155. The van der Waals surface area contributed by atoms with Crippen LogP contribution in [0, 0.1) is 5.92 Å². The van der Waals surface area contributed by atoms with E-state index in [1.54, 1.807) is 0 Å². The van der Waals surface area contributed by atoms with Crippen molar-refractivity contribution < 1.29 is 4.74 Å². The van der Waals surface area contributed by atoms with Crippen molar-refractivity contribution in [3.8, 4) is 0 Å². The first-order valence-electron chi connectivity index (χ1n) is 6.90. The van der Waals surface area contributed by atoms with Crippen molar-refractivity contribution in [3.63, 3.8) is 0 Å². The lowest BCUT2D eigenvalue weighted by Crippen LogP contribution is -2.38. The number of H-pyrrole nitrogens is 1. The molecule has 0 spiro atoms. The van der Waals surface area contributed by atoms with Gasteiger partial charge in [0.15, 0.2) is 0 Å². The van der Waals surface area contributed by atoms with Crippen molar-refractivity contribution >= 4 is 11.6 Å². The van der Waals surface area contributed by atoms with Crippen molar-refractivity contribution in [3.05, 3.63) is 27.9 Å². The van der Waals surface area contributed by atoms with Gasteiger partial charge < -0.3 is 9.72 Å². The van der Waals surface area contributed by atoms with E-state index in [9.17, 15) is 4.79 Å². The van der Waals surface area contributed by atoms with Gasteiger partial charge in [0.25, 0.3) is 5.56 Å². The summed E-state index contributed by atoms with van der Waals surface area (Å²) in [4.78, 5) is 19.1. The molecule has 2 rings (SSSR count). The highest BCUT2D eigenvalue weighted by molar-refractivity contribution is 6.16. The number of aromatic amines is 1. The van der Waals surface area contributed by atoms with Crippen LogP contribution in [0.3, 0.4) is 0 Å². The number of halogens is 1. The average Bonchev–Trinajstić information content (AvgIpc) is 2.38. The Morgan fingerprint density at radius 2 is 2.42 bits per heavy atom. The number of ether oxygens (including phenoxy) is 1. The van der Waals surface area contributed by atoms with E-state index in [2.05, 4.69) is 16.9 Å². The summed E-state index contributed by atoms with van der Waals surface area (Å²) in [5.74, 6) is 1.46. The molecule has 1 N–H and O–H groups in total. The van der Waals surface area contributed by atoms with E-state index in [1.807, 2.05) is 6.92 Å². The lowest BCUT2D eigenvalue weighted by molar-refractivity contribution is -0.0883. The molecular weight excluding hydrogens is 264 g/mol.